The molecule has 1 aliphatic rings. The van der Waals surface area contributed by atoms with E-state index in [-0.39, 0.29) is 12.1 Å². The van der Waals surface area contributed by atoms with E-state index in [9.17, 15) is 13.6 Å². The summed E-state index contributed by atoms with van der Waals surface area (Å²) in [6.45, 7) is 1.08. The lowest BCUT2D eigenvalue weighted by molar-refractivity contribution is 0.122. The van der Waals surface area contributed by atoms with Gasteiger partial charge in [0.15, 0.2) is 5.82 Å². The summed E-state index contributed by atoms with van der Waals surface area (Å²) >= 11 is 0. The van der Waals surface area contributed by atoms with Crippen molar-refractivity contribution in [3.05, 3.63) is 30.7 Å². The molecule has 1 fully saturated rings. The molecule has 0 atom stereocenters. The molecule has 3 heterocycles. The second kappa shape index (κ2) is 8.07. The zero-order valence-electron chi connectivity index (χ0n) is 14.4. The van der Waals surface area contributed by atoms with Crippen LogP contribution in [0.2, 0.25) is 0 Å². The maximum absolute atomic E-state index is 12.4. The van der Waals surface area contributed by atoms with Crippen LogP contribution in [0, 0.1) is 0 Å². The number of amides is 2. The van der Waals surface area contributed by atoms with Gasteiger partial charge in [0.25, 0.3) is 6.43 Å². The van der Waals surface area contributed by atoms with Gasteiger partial charge in [-0.2, -0.15) is 10.2 Å². The summed E-state index contributed by atoms with van der Waals surface area (Å²) in [5, 5.41) is 14.5. The lowest BCUT2D eigenvalue weighted by Gasteiger charge is -2.36. The lowest BCUT2D eigenvalue weighted by Crippen LogP contribution is -2.47. The number of carbonyl (C=O) groups excluding carboxylic acids is 1. The third kappa shape index (κ3) is 4.44. The highest BCUT2D eigenvalue weighted by Gasteiger charge is 2.26. The van der Waals surface area contributed by atoms with Crippen molar-refractivity contribution in [3.63, 3.8) is 0 Å². The molecule has 1 N–H and O–H groups in total. The van der Waals surface area contributed by atoms with E-state index in [2.05, 4.69) is 25.5 Å². The molecule has 3 rings (SSSR count). The number of hydrogen-bond donors (Lipinski definition) is 1. The zero-order valence-corrected chi connectivity index (χ0v) is 14.4. The summed E-state index contributed by atoms with van der Waals surface area (Å²) in [6, 6.07) is 3.58. The molecular weight excluding hydrogens is 344 g/mol. The molecule has 0 aliphatic carbocycles. The molecular formula is C16H21F2N7O. The Kier molecular flexibility index (Phi) is 5.59. The average molecular weight is 365 g/mol. The van der Waals surface area contributed by atoms with Gasteiger partial charge in [0.05, 0.1) is 11.9 Å². The largest absolute Gasteiger partial charge is 0.355 e. The number of alkyl halides is 2. The summed E-state index contributed by atoms with van der Waals surface area (Å²) in [6.07, 6.45) is 3.54. The molecule has 2 aromatic heterocycles. The molecule has 0 radical (unpaired) electrons. The topological polar surface area (TPSA) is 79.2 Å². The first-order valence-electron chi connectivity index (χ1n) is 8.40. The first kappa shape index (κ1) is 18.0. The second-order valence-electron chi connectivity index (χ2n) is 6.18. The molecule has 0 saturated carbocycles. The first-order valence-corrected chi connectivity index (χ1v) is 8.40. The van der Waals surface area contributed by atoms with Crippen LogP contribution < -0.4 is 10.2 Å². The van der Waals surface area contributed by atoms with Crippen molar-refractivity contribution in [2.45, 2.75) is 31.9 Å². The van der Waals surface area contributed by atoms with Crippen LogP contribution in [0.4, 0.5) is 25.1 Å². The molecule has 26 heavy (non-hydrogen) atoms. The molecule has 8 nitrogen and oxygen atoms in total. The van der Waals surface area contributed by atoms with Crippen LogP contribution in [0.1, 0.15) is 12.8 Å². The van der Waals surface area contributed by atoms with Crippen LogP contribution >= 0.6 is 0 Å². The maximum Gasteiger partial charge on any atom is 0.321 e. The van der Waals surface area contributed by atoms with Gasteiger partial charge in [0, 0.05) is 38.6 Å². The minimum Gasteiger partial charge on any atom is -0.355 e. The van der Waals surface area contributed by atoms with Gasteiger partial charge in [-0.1, -0.05) is 0 Å². The number of piperidine rings is 1. The number of nitrogens with zero attached hydrogens (tertiary/aromatic N) is 6. The fraction of sp³-hybridized carbons (Fsp3) is 0.500. The number of halogens is 2. The summed E-state index contributed by atoms with van der Waals surface area (Å²) in [5.74, 6) is 0.837. The predicted molar refractivity (Wildman–Crippen MR) is 92.3 cm³/mol. The van der Waals surface area contributed by atoms with Gasteiger partial charge in [-0.05, 0) is 25.0 Å². The molecule has 2 aromatic rings. The quantitative estimate of drug-likeness (QED) is 0.878. The molecule has 10 heteroatoms. The van der Waals surface area contributed by atoms with Gasteiger partial charge in [-0.25, -0.2) is 13.6 Å². The molecule has 0 bridgehead atoms. The minimum absolute atomic E-state index is 0.0963. The van der Waals surface area contributed by atoms with E-state index < -0.39 is 13.0 Å². The van der Waals surface area contributed by atoms with Crippen molar-refractivity contribution in [1.82, 2.24) is 24.9 Å². The third-order valence-corrected chi connectivity index (χ3v) is 4.42. The molecule has 2 amide bonds. The summed E-state index contributed by atoms with van der Waals surface area (Å²) < 4.78 is 25.8. The van der Waals surface area contributed by atoms with E-state index in [1.165, 1.54) is 12.4 Å². The van der Waals surface area contributed by atoms with E-state index in [0.29, 0.717) is 5.69 Å². The Balaban J connectivity index is 1.50. The van der Waals surface area contributed by atoms with E-state index in [1.54, 1.807) is 18.1 Å². The lowest BCUT2D eigenvalue weighted by atomic mass is 10.0. The van der Waals surface area contributed by atoms with Crippen LogP contribution in [-0.2, 0) is 6.54 Å². The smallest absolute Gasteiger partial charge is 0.321 e. The highest BCUT2D eigenvalue weighted by atomic mass is 19.3. The van der Waals surface area contributed by atoms with Crippen molar-refractivity contribution in [2.75, 3.05) is 30.4 Å². The van der Waals surface area contributed by atoms with Gasteiger partial charge in [-0.15, -0.1) is 5.10 Å². The fourth-order valence-electron chi connectivity index (χ4n) is 2.99. The van der Waals surface area contributed by atoms with Gasteiger partial charge in [0.2, 0.25) is 0 Å². The Morgan fingerprint density at radius 2 is 2.19 bits per heavy atom. The van der Waals surface area contributed by atoms with Gasteiger partial charge in [0.1, 0.15) is 6.54 Å². The van der Waals surface area contributed by atoms with Crippen LogP contribution in [0.15, 0.2) is 30.7 Å². The number of hydrogen-bond acceptors (Lipinski definition) is 5. The Morgan fingerprint density at radius 3 is 2.85 bits per heavy atom. The average Bonchev–Trinajstić information content (AvgIpc) is 3.08. The summed E-state index contributed by atoms with van der Waals surface area (Å²) in [7, 11) is 1.74. The van der Waals surface area contributed by atoms with Gasteiger partial charge in [-0.3, -0.25) is 4.68 Å². The van der Waals surface area contributed by atoms with Crippen molar-refractivity contribution < 1.29 is 13.6 Å². The van der Waals surface area contributed by atoms with E-state index >= 15 is 0 Å². The number of nitrogens with one attached hydrogen (secondary N) is 1. The number of carbonyl (C=O) groups is 1. The molecule has 1 saturated heterocycles. The molecule has 0 spiro atoms. The molecule has 1 aliphatic heterocycles. The Labute approximate surface area is 149 Å². The molecule has 0 unspecified atom stereocenters. The number of anilines is 2. The van der Waals surface area contributed by atoms with Crippen LogP contribution in [0.3, 0.4) is 0 Å². The van der Waals surface area contributed by atoms with E-state index in [4.69, 9.17) is 0 Å². The van der Waals surface area contributed by atoms with Crippen LogP contribution in [-0.4, -0.2) is 63.5 Å². The minimum atomic E-state index is -2.49. The monoisotopic (exact) mass is 365 g/mol. The highest BCUT2D eigenvalue weighted by molar-refractivity contribution is 5.89. The Bertz CT molecular complexity index is 716. The standard InChI is InChI=1S/C16H21F2N7O/c1-23(16(26)21-12-9-20-25(10-12)11-14(17)18)13-4-7-24(8-5-13)15-3-2-6-19-22-15/h2-3,6,9-10,13-14H,4-5,7-8,11H2,1H3,(H,21,26). The van der Waals surface area contributed by atoms with E-state index in [0.717, 1.165) is 36.4 Å². The molecule has 0 aromatic carbocycles. The van der Waals surface area contributed by atoms with Crippen LogP contribution in [0.5, 0.6) is 0 Å². The zero-order chi connectivity index (χ0) is 18.5. The number of aromatic nitrogens is 4. The SMILES string of the molecule is CN(C(=O)Nc1cnn(CC(F)F)c1)C1CCN(c2cccnn2)CC1. The van der Waals surface area contributed by atoms with Crippen LogP contribution in [0.25, 0.3) is 0 Å². The third-order valence-electron chi connectivity index (χ3n) is 4.42. The van der Waals surface area contributed by atoms with Crippen molar-refractivity contribution in [2.24, 2.45) is 0 Å². The van der Waals surface area contributed by atoms with Gasteiger partial charge >= 0.3 is 6.03 Å². The maximum atomic E-state index is 12.4. The van der Waals surface area contributed by atoms with E-state index in [1.807, 2.05) is 12.1 Å². The van der Waals surface area contributed by atoms with Crippen molar-refractivity contribution >= 4 is 17.5 Å². The summed E-state index contributed by atoms with van der Waals surface area (Å²) in [5.41, 5.74) is 0.402. The Morgan fingerprint density at radius 1 is 1.42 bits per heavy atom. The van der Waals surface area contributed by atoms with Crippen molar-refractivity contribution in [3.8, 4) is 0 Å². The predicted octanol–water partition coefficient (Wildman–Crippen LogP) is 2.07. The first-order chi connectivity index (χ1) is 12.5. The fourth-order valence-corrected chi connectivity index (χ4v) is 2.99. The second-order valence-corrected chi connectivity index (χ2v) is 6.18. The number of rotatable bonds is 5. The van der Waals surface area contributed by atoms with Gasteiger partial charge < -0.3 is 15.1 Å². The highest BCUT2D eigenvalue weighted by Crippen LogP contribution is 2.20. The normalized spacial score (nSPS) is 15.3. The van der Waals surface area contributed by atoms with Crippen molar-refractivity contribution in [1.29, 1.82) is 0 Å². The Hall–Kier alpha value is -2.78. The summed E-state index contributed by atoms with van der Waals surface area (Å²) in [4.78, 5) is 16.2. The molecule has 140 valence electrons. The number of urea groups is 1.